The van der Waals surface area contributed by atoms with Crippen molar-refractivity contribution < 1.29 is 4.39 Å². The first kappa shape index (κ1) is 17.0. The van der Waals surface area contributed by atoms with Crippen LogP contribution in [0.5, 0.6) is 0 Å². The lowest BCUT2D eigenvalue weighted by molar-refractivity contribution is 0.630. The SMILES string of the molecule is CC(C)[Si](C(C)C)(C(C)C)n1cccc1-c1ccccc1F. The molecule has 22 heavy (non-hydrogen) atoms. The van der Waals surface area contributed by atoms with Crippen LogP contribution >= 0.6 is 0 Å². The van der Waals surface area contributed by atoms with E-state index in [9.17, 15) is 4.39 Å². The molecule has 0 aliphatic carbocycles. The van der Waals surface area contributed by atoms with Gasteiger partial charge in [0.15, 0.2) is 8.24 Å². The monoisotopic (exact) mass is 317 g/mol. The van der Waals surface area contributed by atoms with Crippen molar-refractivity contribution in [3.63, 3.8) is 0 Å². The zero-order chi connectivity index (χ0) is 16.5. The van der Waals surface area contributed by atoms with E-state index in [1.165, 1.54) is 0 Å². The molecule has 0 bridgehead atoms. The summed E-state index contributed by atoms with van der Waals surface area (Å²) in [6, 6.07) is 11.2. The Morgan fingerprint density at radius 3 is 1.86 bits per heavy atom. The van der Waals surface area contributed by atoms with Crippen molar-refractivity contribution in [2.45, 2.75) is 58.2 Å². The summed E-state index contributed by atoms with van der Waals surface area (Å²) in [5.41, 5.74) is 3.51. The Hall–Kier alpha value is -1.35. The molecule has 1 aromatic heterocycles. The summed E-state index contributed by atoms with van der Waals surface area (Å²) in [7, 11) is -1.85. The number of hydrogen-bond acceptors (Lipinski definition) is 0. The van der Waals surface area contributed by atoms with Crippen LogP contribution in [0.3, 0.4) is 0 Å². The average molecular weight is 318 g/mol. The third kappa shape index (κ3) is 2.56. The second-order valence-electron chi connectivity index (χ2n) is 7.09. The van der Waals surface area contributed by atoms with Crippen molar-refractivity contribution in [2.24, 2.45) is 0 Å². The van der Waals surface area contributed by atoms with Gasteiger partial charge in [-0.1, -0.05) is 53.7 Å². The molecule has 0 aliphatic rings. The summed E-state index contributed by atoms with van der Waals surface area (Å²) in [4.78, 5) is 0. The van der Waals surface area contributed by atoms with Gasteiger partial charge in [-0.15, -0.1) is 0 Å². The largest absolute Gasteiger partial charge is 0.373 e. The first-order valence-corrected chi connectivity index (χ1v) is 10.4. The van der Waals surface area contributed by atoms with Crippen LogP contribution in [0.4, 0.5) is 4.39 Å². The Morgan fingerprint density at radius 2 is 1.36 bits per heavy atom. The van der Waals surface area contributed by atoms with Gasteiger partial charge in [0, 0.05) is 11.3 Å². The highest BCUT2D eigenvalue weighted by Crippen LogP contribution is 2.44. The fourth-order valence-corrected chi connectivity index (χ4v) is 11.1. The van der Waals surface area contributed by atoms with E-state index < -0.39 is 8.24 Å². The van der Waals surface area contributed by atoms with E-state index in [2.05, 4.69) is 64.1 Å². The van der Waals surface area contributed by atoms with Crippen LogP contribution in [0.1, 0.15) is 41.5 Å². The van der Waals surface area contributed by atoms with E-state index in [-0.39, 0.29) is 5.82 Å². The molecule has 3 heteroatoms. The molecular weight excluding hydrogens is 289 g/mol. The minimum absolute atomic E-state index is 0.137. The van der Waals surface area contributed by atoms with Gasteiger partial charge in [-0.25, -0.2) is 4.39 Å². The highest BCUT2D eigenvalue weighted by molar-refractivity contribution is 6.82. The minimum atomic E-state index is -1.85. The molecule has 0 aliphatic heterocycles. The number of benzene rings is 1. The number of nitrogens with zero attached hydrogens (tertiary/aromatic N) is 1. The lowest BCUT2D eigenvalue weighted by atomic mass is 10.1. The van der Waals surface area contributed by atoms with Gasteiger partial charge in [0.25, 0.3) is 0 Å². The third-order valence-electron chi connectivity index (χ3n) is 5.09. The van der Waals surface area contributed by atoms with Crippen LogP contribution in [0.2, 0.25) is 16.6 Å². The van der Waals surface area contributed by atoms with Crippen molar-refractivity contribution in [1.29, 1.82) is 0 Å². The van der Waals surface area contributed by atoms with E-state index in [1.807, 2.05) is 12.1 Å². The van der Waals surface area contributed by atoms with Gasteiger partial charge >= 0.3 is 0 Å². The highest BCUT2D eigenvalue weighted by atomic mass is 28.3. The zero-order valence-corrected chi connectivity index (χ0v) is 15.6. The lowest BCUT2D eigenvalue weighted by Crippen LogP contribution is -2.52. The number of halogens is 1. The van der Waals surface area contributed by atoms with Crippen molar-refractivity contribution in [1.82, 2.24) is 4.23 Å². The highest BCUT2D eigenvalue weighted by Gasteiger charge is 2.46. The maximum absolute atomic E-state index is 14.3. The molecule has 0 radical (unpaired) electrons. The van der Waals surface area contributed by atoms with E-state index in [0.29, 0.717) is 22.2 Å². The molecule has 0 fully saturated rings. The fourth-order valence-electron chi connectivity index (χ4n) is 4.44. The first-order valence-electron chi connectivity index (χ1n) is 8.26. The zero-order valence-electron chi connectivity index (χ0n) is 14.6. The summed E-state index contributed by atoms with van der Waals surface area (Å²) >= 11 is 0. The van der Waals surface area contributed by atoms with Crippen LogP contribution in [0.25, 0.3) is 11.3 Å². The predicted octanol–water partition coefficient (Wildman–Crippen LogP) is 6.32. The lowest BCUT2D eigenvalue weighted by Gasteiger charge is -2.45. The summed E-state index contributed by atoms with van der Waals surface area (Å²) < 4.78 is 16.8. The summed E-state index contributed by atoms with van der Waals surface area (Å²) in [5.74, 6) is -0.137. The summed E-state index contributed by atoms with van der Waals surface area (Å²) in [6.07, 6.45) is 2.17. The summed E-state index contributed by atoms with van der Waals surface area (Å²) in [5, 5.41) is 0. The van der Waals surface area contributed by atoms with E-state index in [1.54, 1.807) is 12.1 Å². The maximum Gasteiger partial charge on any atom is 0.169 e. The molecular formula is C19H28FNSi. The minimum Gasteiger partial charge on any atom is -0.373 e. The Labute approximate surface area is 135 Å². The standard InChI is InChI=1S/C19H28FNSi/c1-14(2)22(15(3)4,16(5)6)21-13-9-12-19(21)17-10-7-8-11-18(17)20/h7-16H,1-6H3. The third-order valence-corrected chi connectivity index (χ3v) is 11.9. The first-order chi connectivity index (χ1) is 10.3. The fraction of sp³-hybridized carbons (Fsp3) is 0.474. The maximum atomic E-state index is 14.3. The van der Waals surface area contributed by atoms with E-state index >= 15 is 0 Å². The van der Waals surface area contributed by atoms with Gasteiger partial charge in [-0.3, -0.25) is 0 Å². The smallest absolute Gasteiger partial charge is 0.169 e. The molecule has 0 N–H and O–H groups in total. The number of hydrogen-bond donors (Lipinski definition) is 0. The van der Waals surface area contributed by atoms with Crippen molar-refractivity contribution in [3.05, 3.63) is 48.4 Å². The molecule has 2 aromatic rings. The number of rotatable bonds is 5. The second kappa shape index (κ2) is 6.41. The van der Waals surface area contributed by atoms with Crippen LogP contribution in [0.15, 0.2) is 42.6 Å². The molecule has 2 rings (SSSR count). The Morgan fingerprint density at radius 1 is 0.818 bits per heavy atom. The van der Waals surface area contributed by atoms with Crippen molar-refractivity contribution in [3.8, 4) is 11.3 Å². The second-order valence-corrected chi connectivity index (χ2v) is 12.8. The molecule has 0 amide bonds. The van der Waals surface area contributed by atoms with Gasteiger partial charge in [-0.05, 0) is 47.1 Å². The normalized spacial score (nSPS) is 12.6. The van der Waals surface area contributed by atoms with Crippen LogP contribution in [-0.4, -0.2) is 12.5 Å². The van der Waals surface area contributed by atoms with Crippen molar-refractivity contribution >= 4 is 8.24 Å². The van der Waals surface area contributed by atoms with Crippen LogP contribution in [-0.2, 0) is 0 Å². The Balaban J connectivity index is 2.71. The van der Waals surface area contributed by atoms with Gasteiger partial charge in [0.2, 0.25) is 0 Å². The Kier molecular flexibility index (Phi) is 4.96. The molecule has 0 unspecified atom stereocenters. The quantitative estimate of drug-likeness (QED) is 0.569. The van der Waals surface area contributed by atoms with Gasteiger partial charge in [-0.2, -0.15) is 0 Å². The molecule has 0 saturated heterocycles. The van der Waals surface area contributed by atoms with Gasteiger partial charge in [0.1, 0.15) is 5.82 Å². The molecule has 1 nitrogen and oxygen atoms in total. The molecule has 120 valence electrons. The molecule has 0 atom stereocenters. The van der Waals surface area contributed by atoms with Gasteiger partial charge < -0.3 is 4.23 Å². The summed E-state index contributed by atoms with van der Waals surface area (Å²) in [6.45, 7) is 14.0. The average Bonchev–Trinajstić information content (AvgIpc) is 2.88. The topological polar surface area (TPSA) is 4.93 Å². The molecule has 1 heterocycles. The van der Waals surface area contributed by atoms with Crippen molar-refractivity contribution in [2.75, 3.05) is 0 Å². The molecule has 0 spiro atoms. The van der Waals surface area contributed by atoms with Crippen LogP contribution in [0, 0.1) is 5.82 Å². The van der Waals surface area contributed by atoms with Crippen LogP contribution < -0.4 is 0 Å². The van der Waals surface area contributed by atoms with Gasteiger partial charge in [0.05, 0.1) is 0 Å². The number of aromatic nitrogens is 1. The van der Waals surface area contributed by atoms with E-state index in [0.717, 1.165) is 5.69 Å². The molecule has 1 aromatic carbocycles. The van der Waals surface area contributed by atoms with E-state index in [4.69, 9.17) is 0 Å². The Bertz CT molecular complexity index is 606. The molecule has 0 saturated carbocycles. The predicted molar refractivity (Wildman–Crippen MR) is 96.3 cm³/mol.